The molecule has 0 radical (unpaired) electrons. The second-order valence-corrected chi connectivity index (χ2v) is 7.19. The molecule has 1 amide bonds. The van der Waals surface area contributed by atoms with E-state index in [1.165, 1.54) is 0 Å². The van der Waals surface area contributed by atoms with Crippen molar-refractivity contribution in [2.75, 3.05) is 20.1 Å². The molecule has 5 heteroatoms. The van der Waals surface area contributed by atoms with Gasteiger partial charge in [-0.15, -0.1) is 0 Å². The summed E-state index contributed by atoms with van der Waals surface area (Å²) >= 11 is 0. The van der Waals surface area contributed by atoms with Crippen molar-refractivity contribution >= 4 is 16.9 Å². The van der Waals surface area contributed by atoms with E-state index in [4.69, 9.17) is 4.98 Å². The lowest BCUT2D eigenvalue weighted by molar-refractivity contribution is -0.137. The van der Waals surface area contributed by atoms with Gasteiger partial charge >= 0.3 is 0 Å². The molecule has 0 aliphatic carbocycles. The third-order valence-corrected chi connectivity index (χ3v) is 5.22. The fraction of sp³-hybridized carbons (Fsp3) is 0.579. The van der Waals surface area contributed by atoms with Gasteiger partial charge in [-0.3, -0.25) is 9.69 Å². The van der Waals surface area contributed by atoms with Crippen molar-refractivity contribution in [2.45, 2.75) is 39.3 Å². The zero-order chi connectivity index (χ0) is 17.3. The third-order valence-electron chi connectivity index (χ3n) is 5.22. The molecular weight excluding hydrogens is 300 g/mol. The summed E-state index contributed by atoms with van der Waals surface area (Å²) in [6.07, 6.45) is 2.07. The molecule has 1 aliphatic rings. The lowest BCUT2D eigenvalue weighted by Crippen LogP contribution is -2.45. The van der Waals surface area contributed by atoms with Gasteiger partial charge in [-0.25, -0.2) is 4.98 Å². The first kappa shape index (κ1) is 17.0. The van der Waals surface area contributed by atoms with E-state index < -0.39 is 0 Å². The maximum absolute atomic E-state index is 12.6. The number of rotatable bonds is 4. The summed E-state index contributed by atoms with van der Waals surface area (Å²) in [7, 11) is 3.99. The minimum Gasteiger partial charge on any atom is -0.343 e. The Bertz CT molecular complexity index is 721. The average molecular weight is 328 g/mol. The Morgan fingerprint density at radius 2 is 2.12 bits per heavy atom. The van der Waals surface area contributed by atoms with E-state index in [0.29, 0.717) is 0 Å². The van der Waals surface area contributed by atoms with Gasteiger partial charge in [-0.1, -0.05) is 12.1 Å². The summed E-state index contributed by atoms with van der Waals surface area (Å²) in [6, 6.07) is 8.49. The van der Waals surface area contributed by atoms with Crippen molar-refractivity contribution in [3.8, 4) is 0 Å². The molecule has 2 aromatic rings. The molecule has 130 valence electrons. The zero-order valence-corrected chi connectivity index (χ0v) is 15.2. The molecule has 1 aromatic carbocycles. The Morgan fingerprint density at radius 3 is 2.83 bits per heavy atom. The van der Waals surface area contributed by atoms with E-state index in [0.717, 1.165) is 49.3 Å². The maximum Gasteiger partial charge on any atom is 0.226 e. The van der Waals surface area contributed by atoms with Gasteiger partial charge < -0.3 is 9.47 Å². The Hall–Kier alpha value is -1.88. The van der Waals surface area contributed by atoms with Crippen molar-refractivity contribution in [3.63, 3.8) is 0 Å². The van der Waals surface area contributed by atoms with Crippen LogP contribution >= 0.6 is 0 Å². The normalized spacial score (nSPS) is 19.1. The van der Waals surface area contributed by atoms with Crippen molar-refractivity contribution in [1.82, 2.24) is 19.4 Å². The van der Waals surface area contributed by atoms with Crippen LogP contribution in [0.3, 0.4) is 0 Å². The summed E-state index contributed by atoms with van der Waals surface area (Å²) in [5, 5.41) is 0. The number of benzene rings is 1. The number of aromatic nitrogens is 2. The average Bonchev–Trinajstić information content (AvgIpc) is 2.90. The summed E-state index contributed by atoms with van der Waals surface area (Å²) in [6.45, 7) is 6.81. The molecule has 24 heavy (non-hydrogen) atoms. The quantitative estimate of drug-likeness (QED) is 0.866. The van der Waals surface area contributed by atoms with Crippen LogP contribution in [0.1, 0.15) is 32.5 Å². The molecule has 0 spiro atoms. The first-order valence-electron chi connectivity index (χ1n) is 8.86. The molecule has 1 aliphatic heterocycles. The summed E-state index contributed by atoms with van der Waals surface area (Å²) in [5.41, 5.74) is 2.20. The topological polar surface area (TPSA) is 41.4 Å². The van der Waals surface area contributed by atoms with Crippen LogP contribution in [-0.4, -0.2) is 51.4 Å². The summed E-state index contributed by atoms with van der Waals surface area (Å²) in [5.74, 6) is 1.46. The SMILES string of the molecule is CC(C)N(C)C(=O)[C@@H]1CCCN(Cc2nc3ccccc3n2C)C1. The lowest BCUT2D eigenvalue weighted by atomic mass is 9.96. The predicted octanol–water partition coefficient (Wildman–Crippen LogP) is 2.65. The minimum atomic E-state index is 0.112. The number of para-hydroxylation sites is 2. The van der Waals surface area contributed by atoms with Crippen LogP contribution in [0.25, 0.3) is 11.0 Å². The van der Waals surface area contributed by atoms with Gasteiger partial charge in [0, 0.05) is 26.7 Å². The number of nitrogens with zero attached hydrogens (tertiary/aromatic N) is 4. The molecule has 0 unspecified atom stereocenters. The predicted molar refractivity (Wildman–Crippen MR) is 96.6 cm³/mol. The minimum absolute atomic E-state index is 0.112. The number of amides is 1. The maximum atomic E-state index is 12.6. The second kappa shape index (κ2) is 6.93. The summed E-state index contributed by atoms with van der Waals surface area (Å²) < 4.78 is 2.17. The smallest absolute Gasteiger partial charge is 0.226 e. The highest BCUT2D eigenvalue weighted by molar-refractivity contribution is 5.79. The molecule has 1 atom stereocenters. The van der Waals surface area contributed by atoms with Gasteiger partial charge in [0.2, 0.25) is 5.91 Å². The van der Waals surface area contributed by atoms with Crippen molar-refractivity contribution in [1.29, 1.82) is 0 Å². The van der Waals surface area contributed by atoms with E-state index in [1.54, 1.807) is 0 Å². The van der Waals surface area contributed by atoms with Gasteiger partial charge in [0.15, 0.2) is 0 Å². The second-order valence-electron chi connectivity index (χ2n) is 7.19. The molecular formula is C19H28N4O. The Morgan fingerprint density at radius 1 is 1.38 bits per heavy atom. The Labute approximate surface area is 144 Å². The Balaban J connectivity index is 1.71. The van der Waals surface area contributed by atoms with Crippen molar-refractivity contribution in [2.24, 2.45) is 13.0 Å². The number of hydrogen-bond donors (Lipinski definition) is 0. The standard InChI is InChI=1S/C19H28N4O/c1-14(2)21(3)19(24)15-8-7-11-23(12-15)13-18-20-16-9-5-6-10-17(16)22(18)4/h5-6,9-10,14-15H,7-8,11-13H2,1-4H3/t15-/m1/s1. The van der Waals surface area contributed by atoms with Gasteiger partial charge in [0.1, 0.15) is 5.82 Å². The molecule has 3 rings (SSSR count). The molecule has 0 N–H and O–H groups in total. The summed E-state index contributed by atoms with van der Waals surface area (Å²) in [4.78, 5) is 21.6. The highest BCUT2D eigenvalue weighted by Gasteiger charge is 2.29. The van der Waals surface area contributed by atoms with Crippen LogP contribution < -0.4 is 0 Å². The number of carbonyl (C=O) groups excluding carboxylic acids is 1. The van der Waals surface area contributed by atoms with Gasteiger partial charge in [0.05, 0.1) is 23.5 Å². The number of imidazole rings is 1. The van der Waals surface area contributed by atoms with Crippen molar-refractivity contribution in [3.05, 3.63) is 30.1 Å². The van der Waals surface area contributed by atoms with E-state index in [9.17, 15) is 4.79 Å². The van der Waals surface area contributed by atoms with Gasteiger partial charge in [-0.2, -0.15) is 0 Å². The molecule has 1 aromatic heterocycles. The fourth-order valence-electron chi connectivity index (χ4n) is 3.48. The van der Waals surface area contributed by atoms with Crippen LogP contribution in [0.2, 0.25) is 0 Å². The number of carbonyl (C=O) groups is 1. The molecule has 2 heterocycles. The van der Waals surface area contributed by atoms with Crippen LogP contribution in [0.15, 0.2) is 24.3 Å². The first-order valence-corrected chi connectivity index (χ1v) is 8.86. The van der Waals surface area contributed by atoms with Gasteiger partial charge in [-0.05, 0) is 45.4 Å². The molecule has 0 saturated carbocycles. The molecule has 0 bridgehead atoms. The molecule has 1 fully saturated rings. The van der Waals surface area contributed by atoms with Crippen molar-refractivity contribution < 1.29 is 4.79 Å². The highest BCUT2D eigenvalue weighted by atomic mass is 16.2. The number of likely N-dealkylation sites (tertiary alicyclic amines) is 1. The fourth-order valence-corrected chi connectivity index (χ4v) is 3.48. The largest absolute Gasteiger partial charge is 0.343 e. The van der Waals surface area contributed by atoms with Gasteiger partial charge in [0.25, 0.3) is 0 Å². The number of fused-ring (bicyclic) bond motifs is 1. The highest BCUT2D eigenvalue weighted by Crippen LogP contribution is 2.22. The number of aryl methyl sites for hydroxylation is 1. The third kappa shape index (κ3) is 3.31. The van der Waals surface area contributed by atoms with E-state index in [1.807, 2.05) is 24.1 Å². The number of hydrogen-bond acceptors (Lipinski definition) is 3. The van der Waals surface area contributed by atoms with Crippen LogP contribution in [0, 0.1) is 5.92 Å². The Kier molecular flexibility index (Phi) is 4.90. The van der Waals surface area contributed by atoms with Crippen LogP contribution in [-0.2, 0) is 18.4 Å². The first-order chi connectivity index (χ1) is 11.5. The molecule has 5 nitrogen and oxygen atoms in total. The molecule has 1 saturated heterocycles. The monoisotopic (exact) mass is 328 g/mol. The van der Waals surface area contributed by atoms with Crippen LogP contribution in [0.4, 0.5) is 0 Å². The zero-order valence-electron chi connectivity index (χ0n) is 15.2. The van der Waals surface area contributed by atoms with Crippen LogP contribution in [0.5, 0.6) is 0 Å². The van der Waals surface area contributed by atoms with E-state index in [-0.39, 0.29) is 17.9 Å². The van der Waals surface area contributed by atoms with E-state index >= 15 is 0 Å². The van der Waals surface area contributed by atoms with E-state index in [2.05, 4.69) is 42.5 Å². The lowest BCUT2D eigenvalue weighted by Gasteiger charge is -2.34. The number of piperidine rings is 1.